The molecule has 0 aliphatic carbocycles. The standard InChI is InChI=1S/C17H16FNO3/c1-9-5-12-13(8-22-16(12)6-10(9)2)17(21)19-15-4-3-11(20)7-14(15)18/h3-7,13,20H,8H2,1-2H3,(H,19,21). The minimum Gasteiger partial charge on any atom is -0.508 e. The van der Waals surface area contributed by atoms with E-state index >= 15 is 0 Å². The fraction of sp³-hybridized carbons (Fsp3) is 0.235. The van der Waals surface area contributed by atoms with E-state index in [1.807, 2.05) is 26.0 Å². The van der Waals surface area contributed by atoms with E-state index in [1.54, 1.807) is 0 Å². The molecule has 2 aromatic carbocycles. The van der Waals surface area contributed by atoms with Crippen LogP contribution in [0.3, 0.4) is 0 Å². The average Bonchev–Trinajstić information content (AvgIpc) is 2.85. The molecule has 2 N–H and O–H groups in total. The van der Waals surface area contributed by atoms with Crippen molar-refractivity contribution < 1.29 is 19.0 Å². The molecule has 1 amide bonds. The first kappa shape index (κ1) is 14.4. The van der Waals surface area contributed by atoms with Crippen molar-refractivity contribution in [2.75, 3.05) is 11.9 Å². The lowest BCUT2D eigenvalue weighted by atomic mass is 9.96. The van der Waals surface area contributed by atoms with Gasteiger partial charge in [0.05, 0.1) is 5.69 Å². The van der Waals surface area contributed by atoms with Gasteiger partial charge in [0, 0.05) is 11.6 Å². The van der Waals surface area contributed by atoms with Crippen LogP contribution in [0, 0.1) is 19.7 Å². The lowest BCUT2D eigenvalue weighted by molar-refractivity contribution is -0.117. The summed E-state index contributed by atoms with van der Waals surface area (Å²) in [6, 6.07) is 7.47. The summed E-state index contributed by atoms with van der Waals surface area (Å²) >= 11 is 0. The van der Waals surface area contributed by atoms with Crippen LogP contribution >= 0.6 is 0 Å². The van der Waals surface area contributed by atoms with E-state index in [9.17, 15) is 14.3 Å². The summed E-state index contributed by atoms with van der Waals surface area (Å²) in [6.07, 6.45) is 0. The van der Waals surface area contributed by atoms with Crippen molar-refractivity contribution in [2.24, 2.45) is 0 Å². The van der Waals surface area contributed by atoms with Crippen molar-refractivity contribution in [1.82, 2.24) is 0 Å². The van der Waals surface area contributed by atoms with Gasteiger partial charge in [-0.3, -0.25) is 4.79 Å². The minimum atomic E-state index is -0.674. The van der Waals surface area contributed by atoms with Crippen LogP contribution in [-0.4, -0.2) is 17.6 Å². The molecule has 0 saturated heterocycles. The zero-order chi connectivity index (χ0) is 15.9. The third kappa shape index (κ3) is 2.50. The molecular weight excluding hydrogens is 285 g/mol. The Morgan fingerprint density at radius 1 is 1.27 bits per heavy atom. The molecule has 1 unspecified atom stereocenters. The van der Waals surface area contributed by atoms with Crippen LogP contribution in [0.5, 0.6) is 11.5 Å². The van der Waals surface area contributed by atoms with Crippen LogP contribution in [0.1, 0.15) is 22.6 Å². The van der Waals surface area contributed by atoms with Crippen LogP contribution < -0.4 is 10.1 Å². The van der Waals surface area contributed by atoms with Gasteiger partial charge in [-0.2, -0.15) is 0 Å². The number of halogens is 1. The Morgan fingerprint density at radius 3 is 2.73 bits per heavy atom. The zero-order valence-corrected chi connectivity index (χ0v) is 12.3. The number of anilines is 1. The van der Waals surface area contributed by atoms with E-state index in [2.05, 4.69) is 5.32 Å². The highest BCUT2D eigenvalue weighted by atomic mass is 19.1. The number of ether oxygens (including phenoxy) is 1. The van der Waals surface area contributed by atoms with Crippen molar-refractivity contribution >= 4 is 11.6 Å². The second-order valence-electron chi connectivity index (χ2n) is 5.49. The normalized spacial score (nSPS) is 16.0. The Morgan fingerprint density at radius 2 is 2.00 bits per heavy atom. The van der Waals surface area contributed by atoms with Crippen LogP contribution in [0.15, 0.2) is 30.3 Å². The number of fused-ring (bicyclic) bond motifs is 1. The molecule has 2 aromatic rings. The third-order valence-corrected chi connectivity index (χ3v) is 3.93. The molecular formula is C17H16FNO3. The molecule has 5 heteroatoms. The van der Waals surface area contributed by atoms with Crippen molar-refractivity contribution in [3.63, 3.8) is 0 Å². The number of hydrogen-bond donors (Lipinski definition) is 2. The first-order valence-electron chi connectivity index (χ1n) is 6.99. The van der Waals surface area contributed by atoms with Gasteiger partial charge < -0.3 is 15.2 Å². The second kappa shape index (κ2) is 5.33. The molecule has 0 bridgehead atoms. The van der Waals surface area contributed by atoms with Gasteiger partial charge in [-0.15, -0.1) is 0 Å². The Kier molecular flexibility index (Phi) is 3.48. The Balaban J connectivity index is 1.85. The molecule has 1 aliphatic heterocycles. The lowest BCUT2D eigenvalue weighted by Gasteiger charge is -2.12. The van der Waals surface area contributed by atoms with Gasteiger partial charge in [-0.25, -0.2) is 4.39 Å². The van der Waals surface area contributed by atoms with E-state index in [1.165, 1.54) is 12.1 Å². The number of nitrogens with one attached hydrogen (secondary N) is 1. The number of phenolic OH excluding ortho intramolecular Hbond substituents is 1. The summed E-state index contributed by atoms with van der Waals surface area (Å²) in [7, 11) is 0. The van der Waals surface area contributed by atoms with Crippen molar-refractivity contribution in [1.29, 1.82) is 0 Å². The van der Waals surface area contributed by atoms with Gasteiger partial charge in [0.2, 0.25) is 5.91 Å². The van der Waals surface area contributed by atoms with Gasteiger partial charge in [-0.05, 0) is 43.2 Å². The van der Waals surface area contributed by atoms with Gasteiger partial charge in [0.15, 0.2) is 0 Å². The molecule has 1 heterocycles. The summed E-state index contributed by atoms with van der Waals surface area (Å²) < 4.78 is 19.3. The average molecular weight is 301 g/mol. The molecule has 0 spiro atoms. The van der Waals surface area contributed by atoms with Gasteiger partial charge in [0.25, 0.3) is 0 Å². The van der Waals surface area contributed by atoms with Crippen LogP contribution in [0.2, 0.25) is 0 Å². The maximum absolute atomic E-state index is 13.7. The number of carbonyl (C=O) groups excluding carboxylic acids is 1. The van der Waals surface area contributed by atoms with Crippen LogP contribution in [0.4, 0.5) is 10.1 Å². The summed E-state index contributed by atoms with van der Waals surface area (Å²) in [5.41, 5.74) is 3.04. The maximum Gasteiger partial charge on any atom is 0.235 e. The smallest absolute Gasteiger partial charge is 0.235 e. The van der Waals surface area contributed by atoms with Crippen molar-refractivity contribution in [3.8, 4) is 11.5 Å². The Bertz CT molecular complexity index is 758. The number of rotatable bonds is 2. The molecule has 4 nitrogen and oxygen atoms in total. The number of benzene rings is 2. The predicted octanol–water partition coefficient (Wildman–Crippen LogP) is 3.26. The van der Waals surface area contributed by atoms with Crippen LogP contribution in [0.25, 0.3) is 0 Å². The summed E-state index contributed by atoms with van der Waals surface area (Å²) in [5, 5.41) is 11.7. The first-order valence-corrected chi connectivity index (χ1v) is 6.99. The van der Waals surface area contributed by atoms with E-state index in [0.29, 0.717) is 5.75 Å². The molecule has 0 aromatic heterocycles. The van der Waals surface area contributed by atoms with Crippen molar-refractivity contribution in [2.45, 2.75) is 19.8 Å². The highest BCUT2D eigenvalue weighted by molar-refractivity contribution is 5.97. The lowest BCUT2D eigenvalue weighted by Crippen LogP contribution is -2.22. The molecule has 1 aliphatic rings. The van der Waals surface area contributed by atoms with Gasteiger partial charge in [0.1, 0.15) is 29.8 Å². The van der Waals surface area contributed by atoms with E-state index < -0.39 is 11.7 Å². The fourth-order valence-electron chi connectivity index (χ4n) is 2.51. The van der Waals surface area contributed by atoms with Gasteiger partial charge in [-0.1, -0.05) is 6.07 Å². The molecule has 3 rings (SSSR count). The summed E-state index contributed by atoms with van der Waals surface area (Å²) in [6.45, 7) is 4.20. The maximum atomic E-state index is 13.7. The second-order valence-corrected chi connectivity index (χ2v) is 5.49. The monoisotopic (exact) mass is 301 g/mol. The topological polar surface area (TPSA) is 58.6 Å². The predicted molar refractivity (Wildman–Crippen MR) is 80.8 cm³/mol. The third-order valence-electron chi connectivity index (χ3n) is 3.93. The molecule has 0 radical (unpaired) electrons. The van der Waals surface area contributed by atoms with E-state index in [0.717, 1.165) is 22.8 Å². The van der Waals surface area contributed by atoms with Crippen LogP contribution in [-0.2, 0) is 4.79 Å². The quantitative estimate of drug-likeness (QED) is 0.837. The highest BCUT2D eigenvalue weighted by Gasteiger charge is 2.31. The molecule has 0 saturated carbocycles. The number of aryl methyl sites for hydroxylation is 2. The van der Waals surface area contributed by atoms with Gasteiger partial charge >= 0.3 is 0 Å². The number of aromatic hydroxyl groups is 1. The van der Waals surface area contributed by atoms with Crippen molar-refractivity contribution in [3.05, 3.63) is 52.8 Å². The minimum absolute atomic E-state index is 0.0417. The fourth-order valence-corrected chi connectivity index (χ4v) is 2.51. The summed E-state index contributed by atoms with van der Waals surface area (Å²) in [5.74, 6) is -0.952. The number of carbonyl (C=O) groups is 1. The molecule has 1 atom stereocenters. The zero-order valence-electron chi connectivity index (χ0n) is 12.3. The largest absolute Gasteiger partial charge is 0.508 e. The first-order chi connectivity index (χ1) is 10.5. The summed E-state index contributed by atoms with van der Waals surface area (Å²) in [4.78, 5) is 12.4. The van der Waals surface area contributed by atoms with E-state index in [4.69, 9.17) is 4.74 Å². The molecule has 114 valence electrons. The molecule has 22 heavy (non-hydrogen) atoms. The van der Waals surface area contributed by atoms with E-state index in [-0.39, 0.29) is 24.0 Å². The highest BCUT2D eigenvalue weighted by Crippen LogP contribution is 2.36. The Hall–Kier alpha value is -2.56. The molecule has 0 fully saturated rings. The number of phenols is 1. The number of hydrogen-bond acceptors (Lipinski definition) is 3. The Labute approximate surface area is 127 Å². The number of amides is 1. The SMILES string of the molecule is Cc1cc2c(cc1C)C(C(=O)Nc1ccc(O)cc1F)CO2.